The molecule has 0 unspecified atom stereocenters. The van der Waals surface area contributed by atoms with Crippen molar-refractivity contribution in [3.8, 4) is 11.8 Å². The van der Waals surface area contributed by atoms with E-state index in [9.17, 15) is 9.59 Å². The predicted molar refractivity (Wildman–Crippen MR) is 72.9 cm³/mol. The van der Waals surface area contributed by atoms with Crippen molar-refractivity contribution in [3.05, 3.63) is 10.4 Å². The summed E-state index contributed by atoms with van der Waals surface area (Å²) in [6, 6.07) is 2.01. The fourth-order valence-electron chi connectivity index (χ4n) is 1.34. The second-order valence-electron chi connectivity index (χ2n) is 3.39. The number of rotatable bonds is 6. The van der Waals surface area contributed by atoms with Crippen molar-refractivity contribution in [2.24, 2.45) is 0 Å². The second-order valence-corrected chi connectivity index (χ2v) is 5.48. The maximum Gasteiger partial charge on any atom is 0.344 e. The number of carbonyl (C=O) groups is 2. The number of Topliss-reactive ketones (excluding diaryl/α,β-unsaturated/α-hetero) is 1. The van der Waals surface area contributed by atoms with Gasteiger partial charge in [0.25, 0.3) is 0 Å². The minimum atomic E-state index is -0.530. The molecular formula is C12H13NO4S2. The highest BCUT2D eigenvalue weighted by Gasteiger charge is 2.22. The molecule has 0 aliphatic heterocycles. The summed E-state index contributed by atoms with van der Waals surface area (Å²) in [7, 11) is 0. The normalized spacial score (nSPS) is 9.79. The average Bonchev–Trinajstić information content (AvgIpc) is 2.74. The molecule has 1 rings (SSSR count). The molecule has 1 aromatic heterocycles. The highest BCUT2D eigenvalue weighted by molar-refractivity contribution is 8.00. The van der Waals surface area contributed by atoms with Gasteiger partial charge >= 0.3 is 5.97 Å². The molecule has 0 aliphatic carbocycles. The number of thioether (sulfide) groups is 1. The van der Waals surface area contributed by atoms with Crippen molar-refractivity contribution in [1.29, 1.82) is 5.26 Å². The van der Waals surface area contributed by atoms with Crippen LogP contribution in [0.15, 0.2) is 4.21 Å². The minimum absolute atomic E-state index is 0.178. The quantitative estimate of drug-likeness (QED) is 0.456. The van der Waals surface area contributed by atoms with Crippen LogP contribution in [-0.2, 0) is 9.53 Å². The van der Waals surface area contributed by atoms with Gasteiger partial charge in [-0.15, -0.1) is 23.1 Å². The fourth-order valence-corrected chi connectivity index (χ4v) is 3.09. The molecule has 1 aromatic rings. The molecule has 0 saturated heterocycles. The van der Waals surface area contributed by atoms with E-state index in [1.165, 1.54) is 30.0 Å². The summed E-state index contributed by atoms with van der Waals surface area (Å²) in [4.78, 5) is 23.1. The molecule has 0 saturated carbocycles. The first-order valence-corrected chi connectivity index (χ1v) is 7.49. The summed E-state index contributed by atoms with van der Waals surface area (Å²) in [6.07, 6.45) is 1.81. The third kappa shape index (κ3) is 3.72. The number of thiophene rings is 1. The second kappa shape index (κ2) is 7.16. The molecule has 102 valence electrons. The van der Waals surface area contributed by atoms with Crippen LogP contribution in [0.25, 0.3) is 0 Å². The van der Waals surface area contributed by atoms with Gasteiger partial charge in [-0.25, -0.2) is 4.79 Å². The molecule has 0 N–H and O–H groups in total. The Kier molecular flexibility index (Phi) is 5.86. The molecule has 0 atom stereocenters. The largest absolute Gasteiger partial charge is 0.479 e. The lowest BCUT2D eigenvalue weighted by Crippen LogP contribution is -2.15. The number of nitriles is 1. The van der Waals surface area contributed by atoms with Gasteiger partial charge in [-0.05, 0) is 13.2 Å². The van der Waals surface area contributed by atoms with Crippen LogP contribution in [-0.4, -0.2) is 31.2 Å². The van der Waals surface area contributed by atoms with E-state index in [4.69, 9.17) is 14.7 Å². The van der Waals surface area contributed by atoms with Crippen molar-refractivity contribution >= 4 is 34.9 Å². The first kappa shape index (κ1) is 15.5. The van der Waals surface area contributed by atoms with Crippen LogP contribution in [0.4, 0.5) is 0 Å². The summed E-state index contributed by atoms with van der Waals surface area (Å²) in [6.45, 7) is 3.03. The predicted octanol–water partition coefficient (Wildman–Crippen LogP) is 2.49. The lowest BCUT2D eigenvalue weighted by Gasteiger charge is -2.06. The van der Waals surface area contributed by atoms with Crippen LogP contribution in [0.1, 0.15) is 29.1 Å². The van der Waals surface area contributed by atoms with Crippen LogP contribution in [0.3, 0.4) is 0 Å². The lowest BCUT2D eigenvalue weighted by atomic mass is 10.2. The molecule has 0 aromatic carbocycles. The Balaban J connectivity index is 3.03. The number of carbonyl (C=O) groups excluding carboxylic acids is 2. The third-order valence-electron chi connectivity index (χ3n) is 2.09. The zero-order valence-electron chi connectivity index (χ0n) is 10.8. The Morgan fingerprint density at radius 2 is 2.16 bits per heavy atom. The van der Waals surface area contributed by atoms with Crippen molar-refractivity contribution in [1.82, 2.24) is 0 Å². The van der Waals surface area contributed by atoms with Gasteiger partial charge in [-0.1, -0.05) is 0 Å². The van der Waals surface area contributed by atoms with Crippen LogP contribution in [0.2, 0.25) is 0 Å². The molecule has 0 fully saturated rings. The first-order valence-electron chi connectivity index (χ1n) is 5.45. The summed E-state index contributed by atoms with van der Waals surface area (Å²) in [5.74, 6) is -0.546. The molecule has 5 nitrogen and oxygen atoms in total. The number of hydrogen-bond acceptors (Lipinski definition) is 7. The topological polar surface area (TPSA) is 76.4 Å². The third-order valence-corrected chi connectivity index (χ3v) is 4.48. The van der Waals surface area contributed by atoms with Gasteiger partial charge in [0.05, 0.1) is 10.8 Å². The summed E-state index contributed by atoms with van der Waals surface area (Å²) < 4.78 is 10.7. The van der Waals surface area contributed by atoms with Gasteiger partial charge in [0.2, 0.25) is 0 Å². The number of ether oxygens (including phenoxy) is 2. The van der Waals surface area contributed by atoms with Crippen LogP contribution >= 0.6 is 23.1 Å². The smallest absolute Gasteiger partial charge is 0.344 e. The Bertz CT molecular complexity index is 531. The van der Waals surface area contributed by atoms with Crippen LogP contribution in [0.5, 0.6) is 5.75 Å². The number of ketones is 1. The Hall–Kier alpha value is -1.52. The van der Waals surface area contributed by atoms with E-state index < -0.39 is 5.97 Å². The van der Waals surface area contributed by atoms with Crippen molar-refractivity contribution in [3.63, 3.8) is 0 Å². The Labute approximate surface area is 119 Å². The maximum atomic E-state index is 11.5. The van der Waals surface area contributed by atoms with Gasteiger partial charge < -0.3 is 9.47 Å². The van der Waals surface area contributed by atoms with E-state index in [-0.39, 0.29) is 24.7 Å². The zero-order valence-corrected chi connectivity index (χ0v) is 12.4. The fraction of sp³-hybridized carbons (Fsp3) is 0.417. The number of esters is 1. The Morgan fingerprint density at radius 3 is 2.63 bits per heavy atom. The van der Waals surface area contributed by atoms with Crippen LogP contribution < -0.4 is 4.74 Å². The van der Waals surface area contributed by atoms with Crippen molar-refractivity contribution in [2.45, 2.75) is 18.1 Å². The van der Waals surface area contributed by atoms with Gasteiger partial charge in [0, 0.05) is 6.92 Å². The van der Waals surface area contributed by atoms with Crippen LogP contribution in [0, 0.1) is 11.3 Å². The van der Waals surface area contributed by atoms with Crippen molar-refractivity contribution < 1.29 is 19.1 Å². The number of nitrogens with zero attached hydrogens (tertiary/aromatic N) is 1. The van der Waals surface area contributed by atoms with E-state index in [1.54, 1.807) is 6.92 Å². The van der Waals surface area contributed by atoms with Crippen molar-refractivity contribution in [2.75, 3.05) is 19.5 Å². The van der Waals surface area contributed by atoms with E-state index in [0.29, 0.717) is 14.6 Å². The SMILES string of the molecule is CCOC(=O)COc1c(C(C)=O)sc(SC)c1C#N. The summed E-state index contributed by atoms with van der Waals surface area (Å²) in [5, 5.41) is 9.13. The van der Waals surface area contributed by atoms with Gasteiger partial charge in [-0.3, -0.25) is 4.79 Å². The highest BCUT2D eigenvalue weighted by atomic mass is 32.2. The van der Waals surface area contributed by atoms with E-state index in [1.807, 2.05) is 12.3 Å². The molecular weight excluding hydrogens is 286 g/mol. The standard InChI is InChI=1S/C12H13NO4S2/c1-4-16-9(15)6-17-10-8(5-13)12(18-3)19-11(10)7(2)14/h4,6H2,1-3H3. The highest BCUT2D eigenvalue weighted by Crippen LogP contribution is 2.40. The molecule has 0 bridgehead atoms. The molecule has 0 aliphatic rings. The molecule has 7 heteroatoms. The lowest BCUT2D eigenvalue weighted by molar-refractivity contribution is -0.145. The zero-order chi connectivity index (χ0) is 14.4. The van der Waals surface area contributed by atoms with Gasteiger partial charge in [0.15, 0.2) is 18.1 Å². The first-order chi connectivity index (χ1) is 9.04. The number of hydrogen-bond donors (Lipinski definition) is 0. The van der Waals surface area contributed by atoms with Gasteiger partial charge in [0.1, 0.15) is 16.5 Å². The van der Waals surface area contributed by atoms with E-state index >= 15 is 0 Å². The molecule has 0 amide bonds. The maximum absolute atomic E-state index is 11.5. The molecule has 0 radical (unpaired) electrons. The van der Waals surface area contributed by atoms with Gasteiger partial charge in [-0.2, -0.15) is 5.26 Å². The minimum Gasteiger partial charge on any atom is -0.479 e. The summed E-state index contributed by atoms with van der Waals surface area (Å²) >= 11 is 2.56. The molecule has 0 spiro atoms. The molecule has 19 heavy (non-hydrogen) atoms. The molecule has 1 heterocycles. The Morgan fingerprint density at radius 1 is 1.47 bits per heavy atom. The van der Waals surface area contributed by atoms with E-state index in [2.05, 4.69) is 0 Å². The monoisotopic (exact) mass is 299 g/mol. The summed E-state index contributed by atoms with van der Waals surface area (Å²) in [5.41, 5.74) is 0.298. The van der Waals surface area contributed by atoms with E-state index in [0.717, 1.165) is 0 Å². The average molecular weight is 299 g/mol.